The van der Waals surface area contributed by atoms with Gasteiger partial charge in [-0.25, -0.2) is 9.59 Å². The van der Waals surface area contributed by atoms with Crippen LogP contribution in [0.2, 0.25) is 0 Å². The zero-order valence-corrected chi connectivity index (χ0v) is 27.0. The normalized spacial score (nSPS) is 13.8. The van der Waals surface area contributed by atoms with Crippen molar-refractivity contribution in [2.24, 2.45) is 0 Å². The van der Waals surface area contributed by atoms with Crippen molar-refractivity contribution in [3.8, 4) is 11.5 Å². The van der Waals surface area contributed by atoms with Gasteiger partial charge in [-0.3, -0.25) is 0 Å². The number of halogens is 2. The molecule has 4 rings (SSSR count). The van der Waals surface area contributed by atoms with Gasteiger partial charge in [0.15, 0.2) is 5.60 Å². The Kier molecular flexibility index (Phi) is 9.54. The molecule has 3 N–H and O–H groups in total. The molecule has 0 radical (unpaired) electrons. The number of carbonyl (C=O) groups excluding carboxylic acids is 1. The lowest BCUT2D eigenvalue weighted by atomic mass is 9.72. The van der Waals surface area contributed by atoms with E-state index in [9.17, 15) is 24.9 Å². The summed E-state index contributed by atoms with van der Waals surface area (Å²) in [7, 11) is 0. The Hall–Kier alpha value is -2.84. The first kappa shape index (κ1) is 31.1. The number of aromatic carboxylic acids is 1. The van der Waals surface area contributed by atoms with Crippen molar-refractivity contribution in [1.29, 1.82) is 0 Å². The summed E-state index contributed by atoms with van der Waals surface area (Å²) in [4.78, 5) is 25.9. The molecule has 0 spiro atoms. The summed E-state index contributed by atoms with van der Waals surface area (Å²) in [6.45, 7) is 8.24. The summed E-state index contributed by atoms with van der Waals surface area (Å²) >= 11 is 7.11. The first-order valence-electron chi connectivity index (χ1n) is 14.3. The van der Waals surface area contributed by atoms with E-state index in [-0.39, 0.29) is 22.6 Å². The quantitative estimate of drug-likeness (QED) is 0.175. The van der Waals surface area contributed by atoms with Gasteiger partial charge in [0.2, 0.25) is 0 Å². The predicted molar refractivity (Wildman–Crippen MR) is 166 cm³/mol. The number of phenolic OH excluding ortho intramolecular Hbond substituents is 2. The van der Waals surface area contributed by atoms with Crippen molar-refractivity contribution in [1.82, 2.24) is 0 Å². The van der Waals surface area contributed by atoms with Gasteiger partial charge in [0.1, 0.15) is 11.5 Å². The number of hydrogen-bond acceptors (Lipinski definition) is 5. The lowest BCUT2D eigenvalue weighted by molar-refractivity contribution is 0.0233. The number of hydrogen-bond donors (Lipinski definition) is 3. The molecule has 218 valence electrons. The fraction of sp³-hybridized carbons (Fsp3) is 0.394. The number of carboxylic acid groups (broad SMARTS) is 1. The lowest BCUT2D eigenvalue weighted by Crippen LogP contribution is -2.34. The third kappa shape index (κ3) is 5.29. The average molecular weight is 688 g/mol. The number of carboxylic acids is 1. The Morgan fingerprint density at radius 3 is 1.66 bits per heavy atom. The molecule has 1 aliphatic rings. The number of fused-ring (bicyclic) bond motifs is 1. The van der Waals surface area contributed by atoms with Gasteiger partial charge in [0.25, 0.3) is 0 Å². The maximum atomic E-state index is 13.7. The minimum atomic E-state index is -1.79. The Morgan fingerprint density at radius 1 is 0.780 bits per heavy atom. The fourth-order valence-corrected chi connectivity index (χ4v) is 7.12. The Balaban J connectivity index is 2.33. The average Bonchev–Trinajstić information content (AvgIpc) is 3.22. The van der Waals surface area contributed by atoms with E-state index in [1.165, 1.54) is 18.2 Å². The van der Waals surface area contributed by atoms with Crippen LogP contribution < -0.4 is 0 Å². The molecule has 6 nitrogen and oxygen atoms in total. The fourth-order valence-electron chi connectivity index (χ4n) is 6.17. The van der Waals surface area contributed by atoms with Gasteiger partial charge in [-0.2, -0.15) is 0 Å². The molecule has 0 fully saturated rings. The molecule has 0 unspecified atom stereocenters. The molecule has 0 amide bonds. The van der Waals surface area contributed by atoms with Gasteiger partial charge in [0.05, 0.1) is 31.2 Å². The molecule has 0 saturated heterocycles. The number of aryl methyl sites for hydroxylation is 2. The zero-order valence-electron chi connectivity index (χ0n) is 23.9. The monoisotopic (exact) mass is 686 g/mol. The highest BCUT2D eigenvalue weighted by atomic mass is 79.9. The van der Waals surface area contributed by atoms with E-state index >= 15 is 0 Å². The van der Waals surface area contributed by atoms with E-state index in [2.05, 4.69) is 45.7 Å². The molecule has 0 atom stereocenters. The summed E-state index contributed by atoms with van der Waals surface area (Å²) in [6.07, 6.45) is 5.82. The molecule has 0 saturated carbocycles. The van der Waals surface area contributed by atoms with Gasteiger partial charge in [-0.1, -0.05) is 53.4 Å². The number of rotatable bonds is 11. The van der Waals surface area contributed by atoms with Crippen LogP contribution >= 0.6 is 31.9 Å². The smallest absolute Gasteiger partial charge is 0.340 e. The van der Waals surface area contributed by atoms with Crippen molar-refractivity contribution >= 4 is 43.8 Å². The van der Waals surface area contributed by atoms with Gasteiger partial charge in [-0.15, -0.1) is 0 Å². The van der Waals surface area contributed by atoms with E-state index in [4.69, 9.17) is 4.74 Å². The maximum Gasteiger partial charge on any atom is 0.340 e. The van der Waals surface area contributed by atoms with E-state index in [0.717, 1.165) is 60.8 Å². The maximum absolute atomic E-state index is 13.7. The molecule has 3 aromatic rings. The molecule has 1 aliphatic heterocycles. The van der Waals surface area contributed by atoms with Gasteiger partial charge < -0.3 is 20.1 Å². The van der Waals surface area contributed by atoms with E-state index in [0.29, 0.717) is 38.5 Å². The predicted octanol–water partition coefficient (Wildman–Crippen LogP) is 8.59. The number of ether oxygens (including phenoxy) is 1. The van der Waals surface area contributed by atoms with Crippen LogP contribution in [-0.2, 0) is 36.0 Å². The van der Waals surface area contributed by atoms with Crippen molar-refractivity contribution < 1.29 is 29.6 Å². The Morgan fingerprint density at radius 2 is 1.24 bits per heavy atom. The molecular weight excluding hydrogens is 652 g/mol. The standard InChI is InChI=1S/C33H36Br2O6/c1-5-9-18-16-25(34)29(36)27(21(18)11-7-3)33(24-15-20(31(38)39)13-14-23(24)32(40)41-33)28-22(12-8-4)19(10-6-2)17-26(35)30(28)37/h13-17,36-37H,5-12H2,1-4H3,(H,38,39). The number of benzene rings is 3. The second-order valence-corrected chi connectivity index (χ2v) is 12.3. The SMILES string of the molecule is CCCc1cc(Br)c(O)c(C2(c3c(O)c(Br)cc(CCC)c3CCC)OC(=O)c3ccc(C(=O)O)cc32)c1CCC. The van der Waals surface area contributed by atoms with Gasteiger partial charge in [0, 0.05) is 5.56 Å². The number of esters is 1. The molecule has 1 heterocycles. The summed E-state index contributed by atoms with van der Waals surface area (Å²) in [6, 6.07) is 8.11. The number of cyclic esters (lactones) is 1. The second-order valence-electron chi connectivity index (χ2n) is 10.6. The van der Waals surface area contributed by atoms with Crippen LogP contribution in [0.1, 0.15) is 113 Å². The minimum absolute atomic E-state index is 0.0213. The van der Waals surface area contributed by atoms with Crippen LogP contribution in [0.3, 0.4) is 0 Å². The Labute approximate surface area is 258 Å². The molecule has 0 aliphatic carbocycles. The Bertz CT molecular complexity index is 1440. The highest BCUT2D eigenvalue weighted by Gasteiger charge is 2.54. The van der Waals surface area contributed by atoms with Crippen LogP contribution in [-0.4, -0.2) is 27.3 Å². The van der Waals surface area contributed by atoms with Crippen LogP contribution in [0.15, 0.2) is 39.3 Å². The van der Waals surface area contributed by atoms with E-state index in [1.54, 1.807) is 0 Å². The number of carbonyl (C=O) groups is 2. The van der Waals surface area contributed by atoms with E-state index < -0.39 is 17.5 Å². The summed E-state index contributed by atoms with van der Waals surface area (Å²) in [5, 5.41) is 33.7. The second kappa shape index (κ2) is 12.6. The van der Waals surface area contributed by atoms with E-state index in [1.807, 2.05) is 26.0 Å². The molecule has 8 heteroatoms. The minimum Gasteiger partial charge on any atom is -0.506 e. The van der Waals surface area contributed by atoms with Crippen LogP contribution in [0, 0.1) is 0 Å². The van der Waals surface area contributed by atoms with Crippen molar-refractivity contribution in [2.45, 2.75) is 84.7 Å². The first-order valence-corrected chi connectivity index (χ1v) is 15.8. The largest absolute Gasteiger partial charge is 0.506 e. The van der Waals surface area contributed by atoms with Crippen LogP contribution in [0.25, 0.3) is 0 Å². The molecule has 0 bridgehead atoms. The molecule has 0 aromatic heterocycles. The van der Waals surface area contributed by atoms with Gasteiger partial charge in [-0.05, 0) is 110 Å². The third-order valence-electron chi connectivity index (χ3n) is 7.76. The lowest BCUT2D eigenvalue weighted by Gasteiger charge is -2.36. The third-order valence-corrected chi connectivity index (χ3v) is 8.97. The van der Waals surface area contributed by atoms with Gasteiger partial charge >= 0.3 is 11.9 Å². The highest BCUT2D eigenvalue weighted by Crippen LogP contribution is 2.57. The summed E-state index contributed by atoms with van der Waals surface area (Å²) in [5.74, 6) is -2.00. The highest BCUT2D eigenvalue weighted by molar-refractivity contribution is 9.10. The van der Waals surface area contributed by atoms with Crippen molar-refractivity contribution in [3.05, 3.63) is 89.3 Å². The zero-order chi connectivity index (χ0) is 30.1. The topological polar surface area (TPSA) is 104 Å². The summed E-state index contributed by atoms with van der Waals surface area (Å²) in [5.41, 5.74) is 3.05. The first-order chi connectivity index (χ1) is 19.6. The number of aromatic hydroxyl groups is 2. The van der Waals surface area contributed by atoms with Crippen molar-refractivity contribution in [2.75, 3.05) is 0 Å². The van der Waals surface area contributed by atoms with Crippen LogP contribution in [0.4, 0.5) is 0 Å². The summed E-state index contributed by atoms with van der Waals surface area (Å²) < 4.78 is 7.32. The molecule has 41 heavy (non-hydrogen) atoms. The molecular formula is C33H36Br2O6. The van der Waals surface area contributed by atoms with Crippen molar-refractivity contribution in [3.63, 3.8) is 0 Å². The molecule has 3 aromatic carbocycles. The number of phenols is 2. The van der Waals surface area contributed by atoms with Crippen LogP contribution in [0.5, 0.6) is 11.5 Å².